The van der Waals surface area contributed by atoms with Gasteiger partial charge in [-0.2, -0.15) is 0 Å². The molecule has 0 unspecified atom stereocenters. The van der Waals surface area contributed by atoms with Crippen molar-refractivity contribution in [2.24, 2.45) is 5.41 Å². The molecule has 0 amide bonds. The quantitative estimate of drug-likeness (QED) is 0.365. The summed E-state index contributed by atoms with van der Waals surface area (Å²) in [7, 11) is -3.49. The van der Waals surface area contributed by atoms with Crippen LogP contribution in [0.4, 0.5) is 5.69 Å². The number of nitro groups is 1. The van der Waals surface area contributed by atoms with Gasteiger partial charge in [-0.1, -0.05) is 20.4 Å². The van der Waals surface area contributed by atoms with Crippen LogP contribution in [0.25, 0.3) is 5.31 Å². The molecule has 1 fully saturated rings. The van der Waals surface area contributed by atoms with E-state index in [1.54, 1.807) is 0 Å². The lowest BCUT2D eigenvalue weighted by molar-refractivity contribution is -0.384. The topological polar surface area (TPSA) is 78.7 Å². The van der Waals surface area contributed by atoms with Crippen LogP contribution in [0.1, 0.15) is 19.4 Å². The third-order valence-corrected chi connectivity index (χ3v) is 4.95. The average molecular weight is 309 g/mol. The molecule has 1 aromatic carbocycles. The first kappa shape index (κ1) is 15.7. The maximum absolute atomic E-state index is 12.8. The Morgan fingerprint density at radius 2 is 1.86 bits per heavy atom. The van der Waals surface area contributed by atoms with Crippen molar-refractivity contribution in [2.45, 2.75) is 13.8 Å². The maximum atomic E-state index is 12.8. The minimum absolute atomic E-state index is 0.0490. The number of hydrogen-bond donors (Lipinski definition) is 0. The van der Waals surface area contributed by atoms with E-state index in [4.69, 9.17) is 9.05 Å². The summed E-state index contributed by atoms with van der Waals surface area (Å²) in [6.45, 7) is 8.00. The van der Waals surface area contributed by atoms with Gasteiger partial charge in [0.1, 0.15) is 5.31 Å². The second-order valence-corrected chi connectivity index (χ2v) is 7.50. The molecule has 1 aromatic rings. The third kappa shape index (κ3) is 3.31. The van der Waals surface area contributed by atoms with Gasteiger partial charge in [0.2, 0.25) is 0 Å². The fourth-order valence-corrected chi connectivity index (χ4v) is 3.86. The molecule has 0 N–H and O–H groups in total. The number of rotatable bonds is 3. The number of hydrogen-bond acceptors (Lipinski definition) is 5. The van der Waals surface area contributed by atoms with E-state index in [1.165, 1.54) is 24.3 Å². The number of benzene rings is 1. The molecule has 6 nitrogen and oxygen atoms in total. The molecule has 0 bridgehead atoms. The van der Waals surface area contributed by atoms with Crippen molar-refractivity contribution in [2.75, 3.05) is 13.2 Å². The van der Waals surface area contributed by atoms with Gasteiger partial charge in [0.15, 0.2) is 0 Å². The molecule has 1 heterocycles. The van der Waals surface area contributed by atoms with Crippen LogP contribution in [0.15, 0.2) is 36.6 Å². The van der Waals surface area contributed by atoms with E-state index in [0.717, 1.165) is 0 Å². The van der Waals surface area contributed by atoms with Crippen LogP contribution in [0, 0.1) is 15.5 Å². The van der Waals surface area contributed by atoms with E-state index in [9.17, 15) is 14.7 Å². The lowest BCUT2D eigenvalue weighted by Gasteiger charge is -2.34. The van der Waals surface area contributed by atoms with E-state index in [2.05, 4.69) is 12.3 Å². The van der Waals surface area contributed by atoms with Crippen molar-refractivity contribution in [3.63, 3.8) is 0 Å². The average Bonchev–Trinajstić information content (AvgIpc) is 2.44. The number of nitro benzene ring substituents is 1. The Morgan fingerprint density at radius 3 is 2.29 bits per heavy atom. The Kier molecular flexibility index (Phi) is 4.17. The Hall–Kier alpha value is -1.71. The van der Waals surface area contributed by atoms with E-state index in [-0.39, 0.29) is 16.4 Å². The van der Waals surface area contributed by atoms with Crippen LogP contribution in [0.2, 0.25) is 0 Å². The van der Waals surface area contributed by atoms with Gasteiger partial charge in [-0.05, 0) is 17.7 Å². The highest BCUT2D eigenvalue weighted by Crippen LogP contribution is 2.63. The predicted octanol–water partition coefficient (Wildman–Crippen LogP) is 3.99. The highest BCUT2D eigenvalue weighted by atomic mass is 31.2. The molecule has 0 saturated carbocycles. The van der Waals surface area contributed by atoms with Crippen molar-refractivity contribution in [3.05, 3.63) is 52.3 Å². The molecule has 1 aliphatic heterocycles. The lowest BCUT2D eigenvalue weighted by Crippen LogP contribution is -2.29. The van der Waals surface area contributed by atoms with Crippen LogP contribution < -0.4 is 0 Å². The van der Waals surface area contributed by atoms with Crippen LogP contribution in [-0.4, -0.2) is 18.1 Å². The monoisotopic (exact) mass is 309 g/mol. The minimum atomic E-state index is -3.49. The molecule has 21 heavy (non-hydrogen) atoms. The lowest BCUT2D eigenvalue weighted by atomic mass is 9.97. The van der Waals surface area contributed by atoms with Crippen LogP contribution >= 0.6 is 7.60 Å². The molecule has 0 spiro atoms. The highest BCUT2D eigenvalue weighted by Gasteiger charge is 2.40. The first-order valence-electron chi connectivity index (χ1n) is 6.32. The SMILES string of the molecule is C=C=C(c1ccc([N+](=O)[O-])cc1)P1(=O)OCC(C)(C)CO1. The van der Waals surface area contributed by atoms with Gasteiger partial charge in [-0.3, -0.25) is 14.7 Å². The molecular formula is C14H16NO5P. The second kappa shape index (κ2) is 5.58. The molecular weight excluding hydrogens is 293 g/mol. The summed E-state index contributed by atoms with van der Waals surface area (Å²) in [5.74, 6) is 0. The third-order valence-electron chi connectivity index (χ3n) is 3.04. The summed E-state index contributed by atoms with van der Waals surface area (Å²) < 4.78 is 23.6. The second-order valence-electron chi connectivity index (χ2n) is 5.54. The van der Waals surface area contributed by atoms with Gasteiger partial charge in [0.05, 0.1) is 18.1 Å². The van der Waals surface area contributed by atoms with Gasteiger partial charge >= 0.3 is 7.60 Å². The van der Waals surface area contributed by atoms with E-state index < -0.39 is 12.5 Å². The van der Waals surface area contributed by atoms with E-state index in [0.29, 0.717) is 18.8 Å². The molecule has 0 aliphatic carbocycles. The summed E-state index contributed by atoms with van der Waals surface area (Å²) in [5.41, 5.74) is 2.81. The van der Waals surface area contributed by atoms with Crippen LogP contribution in [0.5, 0.6) is 0 Å². The summed E-state index contributed by atoms with van der Waals surface area (Å²) in [5, 5.41) is 10.9. The Balaban J connectivity index is 2.31. The largest absolute Gasteiger partial charge is 0.369 e. The standard InChI is InChI=1S/C14H16NO5P/c1-4-13(11-5-7-12(8-6-11)15(16)17)21(18)19-9-14(2,3)10-20-21/h5-8H,1,9-10H2,2-3H3. The van der Waals surface area contributed by atoms with Gasteiger partial charge in [-0.15, -0.1) is 5.73 Å². The summed E-state index contributed by atoms with van der Waals surface area (Å²) in [6, 6.07) is 5.62. The fourth-order valence-electron chi connectivity index (χ4n) is 1.83. The van der Waals surface area contributed by atoms with Gasteiger partial charge in [-0.25, -0.2) is 0 Å². The fraction of sp³-hybridized carbons (Fsp3) is 0.357. The summed E-state index contributed by atoms with van der Waals surface area (Å²) >= 11 is 0. The molecule has 0 aromatic heterocycles. The molecule has 7 heteroatoms. The van der Waals surface area contributed by atoms with Gasteiger partial charge in [0, 0.05) is 17.5 Å². The molecule has 112 valence electrons. The molecule has 1 aliphatic rings. The zero-order valence-corrected chi connectivity index (χ0v) is 12.8. The van der Waals surface area contributed by atoms with Crippen LogP contribution in [-0.2, 0) is 13.6 Å². The maximum Gasteiger partial charge on any atom is 0.369 e. The highest BCUT2D eigenvalue weighted by molar-refractivity contribution is 7.65. The number of nitrogens with zero attached hydrogens (tertiary/aromatic N) is 1. The molecule has 0 atom stereocenters. The first-order valence-corrected chi connectivity index (χ1v) is 7.86. The Bertz CT molecular complexity index is 644. The predicted molar refractivity (Wildman–Crippen MR) is 78.9 cm³/mol. The van der Waals surface area contributed by atoms with Gasteiger partial charge in [0.25, 0.3) is 5.69 Å². The van der Waals surface area contributed by atoms with Crippen LogP contribution in [0.3, 0.4) is 0 Å². The zero-order chi connectivity index (χ0) is 15.7. The normalized spacial score (nSPS) is 19.5. The van der Waals surface area contributed by atoms with Crippen molar-refractivity contribution in [3.8, 4) is 0 Å². The summed E-state index contributed by atoms with van der Waals surface area (Å²) in [6.07, 6.45) is 0. The van der Waals surface area contributed by atoms with Gasteiger partial charge < -0.3 is 9.05 Å². The Labute approximate surface area is 122 Å². The van der Waals surface area contributed by atoms with Crippen molar-refractivity contribution >= 4 is 18.6 Å². The first-order chi connectivity index (χ1) is 9.77. The van der Waals surface area contributed by atoms with E-state index in [1.807, 2.05) is 13.8 Å². The minimum Gasteiger partial charge on any atom is -0.304 e. The van der Waals surface area contributed by atoms with Crippen molar-refractivity contribution in [1.82, 2.24) is 0 Å². The smallest absolute Gasteiger partial charge is 0.304 e. The molecule has 0 radical (unpaired) electrons. The van der Waals surface area contributed by atoms with E-state index >= 15 is 0 Å². The molecule has 2 rings (SSSR count). The van der Waals surface area contributed by atoms with Crippen molar-refractivity contribution in [1.29, 1.82) is 0 Å². The summed E-state index contributed by atoms with van der Waals surface area (Å²) in [4.78, 5) is 10.2. The number of non-ortho nitro benzene ring substituents is 1. The Morgan fingerprint density at radius 1 is 1.33 bits per heavy atom. The van der Waals surface area contributed by atoms with Crippen molar-refractivity contribution < 1.29 is 18.5 Å². The molecule has 1 saturated heterocycles. The zero-order valence-electron chi connectivity index (χ0n) is 11.9.